The molecule has 1 unspecified atom stereocenters. The number of halogens is 1. The number of hydrogen-bond donors (Lipinski definition) is 2. The van der Waals surface area contributed by atoms with Crippen molar-refractivity contribution in [1.29, 1.82) is 0 Å². The molecule has 0 spiro atoms. The highest BCUT2D eigenvalue weighted by Gasteiger charge is 2.22. The Morgan fingerprint density at radius 2 is 1.63 bits per heavy atom. The van der Waals surface area contributed by atoms with Crippen molar-refractivity contribution in [3.63, 3.8) is 0 Å². The largest absolute Gasteiger partial charge is 0.491 e. The van der Waals surface area contributed by atoms with Gasteiger partial charge in [-0.25, -0.2) is 4.39 Å². The molecule has 35 heavy (non-hydrogen) atoms. The van der Waals surface area contributed by atoms with Gasteiger partial charge in [0.2, 0.25) is 5.91 Å². The molecule has 3 aromatic rings. The van der Waals surface area contributed by atoms with Crippen LogP contribution in [0.4, 0.5) is 4.39 Å². The molecule has 6 heteroatoms. The van der Waals surface area contributed by atoms with Crippen LogP contribution in [0, 0.1) is 5.82 Å². The van der Waals surface area contributed by atoms with Crippen molar-refractivity contribution in [2.24, 2.45) is 0 Å². The first kappa shape index (κ1) is 26.4. The van der Waals surface area contributed by atoms with Gasteiger partial charge in [-0.1, -0.05) is 75.4 Å². The lowest BCUT2D eigenvalue weighted by atomic mass is 9.78. The van der Waals surface area contributed by atoms with E-state index in [-0.39, 0.29) is 30.3 Å². The molecule has 1 amide bonds. The quantitative estimate of drug-likeness (QED) is 0.402. The standard InChI is InChI=1S/C29H35FN2O3/c1-4-32(20-28(34)31-18-22-10-14-25(30)15-11-22)19-26(33)21-35-27-16-12-24(13-17-27)29(2,3)23-8-6-5-7-9-23/h5-17,26,33H,4,18-21H2,1-3H3,(H,31,34). The van der Waals surface area contributed by atoms with Gasteiger partial charge in [-0.15, -0.1) is 0 Å². The lowest BCUT2D eigenvalue weighted by Gasteiger charge is -2.26. The lowest BCUT2D eigenvalue weighted by molar-refractivity contribution is -0.122. The second-order valence-corrected chi connectivity index (χ2v) is 9.21. The maximum absolute atomic E-state index is 13.0. The van der Waals surface area contributed by atoms with Gasteiger partial charge in [0.1, 0.15) is 24.3 Å². The summed E-state index contributed by atoms with van der Waals surface area (Å²) in [4.78, 5) is 14.1. The van der Waals surface area contributed by atoms with Crippen LogP contribution in [-0.2, 0) is 16.8 Å². The monoisotopic (exact) mass is 478 g/mol. The number of ether oxygens (including phenoxy) is 1. The number of hydrogen-bond acceptors (Lipinski definition) is 4. The molecule has 186 valence electrons. The molecule has 0 bridgehead atoms. The molecular weight excluding hydrogens is 443 g/mol. The third-order valence-corrected chi connectivity index (χ3v) is 6.20. The molecular formula is C29H35FN2O3. The summed E-state index contributed by atoms with van der Waals surface area (Å²) < 4.78 is 18.8. The zero-order valence-electron chi connectivity index (χ0n) is 20.7. The summed E-state index contributed by atoms with van der Waals surface area (Å²) in [5.74, 6) is 0.234. The average molecular weight is 479 g/mol. The van der Waals surface area contributed by atoms with E-state index >= 15 is 0 Å². The predicted molar refractivity (Wildman–Crippen MR) is 137 cm³/mol. The fourth-order valence-corrected chi connectivity index (χ4v) is 3.90. The third-order valence-electron chi connectivity index (χ3n) is 6.20. The van der Waals surface area contributed by atoms with Crippen LogP contribution in [0.3, 0.4) is 0 Å². The molecule has 0 aliphatic heterocycles. The van der Waals surface area contributed by atoms with Crippen molar-refractivity contribution in [2.75, 3.05) is 26.2 Å². The fraction of sp³-hybridized carbons (Fsp3) is 0.345. The lowest BCUT2D eigenvalue weighted by Crippen LogP contribution is -2.42. The normalized spacial score (nSPS) is 12.4. The number of aliphatic hydroxyl groups excluding tert-OH is 1. The van der Waals surface area contributed by atoms with E-state index in [9.17, 15) is 14.3 Å². The summed E-state index contributed by atoms with van der Waals surface area (Å²) in [5.41, 5.74) is 3.12. The summed E-state index contributed by atoms with van der Waals surface area (Å²) in [6.07, 6.45) is -0.736. The van der Waals surface area contributed by atoms with Gasteiger partial charge in [-0.05, 0) is 47.5 Å². The molecule has 2 N–H and O–H groups in total. The number of benzene rings is 3. The number of rotatable bonds is 12. The van der Waals surface area contributed by atoms with Gasteiger partial charge in [0.15, 0.2) is 0 Å². The topological polar surface area (TPSA) is 61.8 Å². The van der Waals surface area contributed by atoms with E-state index in [2.05, 4.69) is 43.4 Å². The average Bonchev–Trinajstić information content (AvgIpc) is 2.87. The van der Waals surface area contributed by atoms with Gasteiger partial charge >= 0.3 is 0 Å². The van der Waals surface area contributed by atoms with Gasteiger partial charge < -0.3 is 15.2 Å². The molecule has 0 aromatic heterocycles. The highest BCUT2D eigenvalue weighted by Crippen LogP contribution is 2.32. The van der Waals surface area contributed by atoms with Crippen LogP contribution >= 0.6 is 0 Å². The Morgan fingerprint density at radius 1 is 1.00 bits per heavy atom. The molecule has 3 rings (SSSR count). The highest BCUT2D eigenvalue weighted by atomic mass is 19.1. The van der Waals surface area contributed by atoms with E-state index in [0.29, 0.717) is 25.4 Å². The summed E-state index contributed by atoms with van der Waals surface area (Å²) in [6.45, 7) is 7.89. The van der Waals surface area contributed by atoms with Gasteiger partial charge in [-0.2, -0.15) is 0 Å². The summed E-state index contributed by atoms with van der Waals surface area (Å²) >= 11 is 0. The van der Waals surface area contributed by atoms with Crippen molar-refractivity contribution in [3.8, 4) is 5.75 Å². The van der Waals surface area contributed by atoms with Crippen molar-refractivity contribution in [3.05, 3.63) is 101 Å². The minimum atomic E-state index is -0.736. The molecule has 1 atom stereocenters. The molecule has 0 heterocycles. The molecule has 5 nitrogen and oxygen atoms in total. The number of likely N-dealkylation sites (N-methyl/N-ethyl adjacent to an activating group) is 1. The molecule has 3 aromatic carbocycles. The maximum atomic E-state index is 13.0. The second-order valence-electron chi connectivity index (χ2n) is 9.21. The van der Waals surface area contributed by atoms with Gasteiger partial charge in [0.05, 0.1) is 6.54 Å². The highest BCUT2D eigenvalue weighted by molar-refractivity contribution is 5.78. The third kappa shape index (κ3) is 7.91. The van der Waals surface area contributed by atoms with Crippen molar-refractivity contribution in [2.45, 2.75) is 38.8 Å². The minimum absolute atomic E-state index is 0.127. The Hall–Kier alpha value is -3.22. The Labute approximate surface area is 207 Å². The minimum Gasteiger partial charge on any atom is -0.491 e. The van der Waals surface area contributed by atoms with Crippen LogP contribution in [0.25, 0.3) is 0 Å². The first-order valence-corrected chi connectivity index (χ1v) is 12.0. The van der Waals surface area contributed by atoms with Crippen molar-refractivity contribution >= 4 is 5.91 Å². The smallest absolute Gasteiger partial charge is 0.234 e. The van der Waals surface area contributed by atoms with Crippen LogP contribution in [0.5, 0.6) is 5.75 Å². The SMILES string of the molecule is CCN(CC(=O)NCc1ccc(F)cc1)CC(O)COc1ccc(C(C)(C)c2ccccc2)cc1. The molecule has 0 aliphatic carbocycles. The first-order chi connectivity index (χ1) is 16.8. The zero-order chi connectivity index (χ0) is 25.3. The van der Waals surface area contributed by atoms with Gasteiger partial charge in [0.25, 0.3) is 0 Å². The molecule has 0 radical (unpaired) electrons. The fourth-order valence-electron chi connectivity index (χ4n) is 3.90. The van der Waals surface area contributed by atoms with E-state index in [4.69, 9.17) is 4.74 Å². The number of nitrogens with zero attached hydrogens (tertiary/aromatic N) is 1. The number of nitrogens with one attached hydrogen (secondary N) is 1. The van der Waals surface area contributed by atoms with Crippen LogP contribution in [0.15, 0.2) is 78.9 Å². The summed E-state index contributed by atoms with van der Waals surface area (Å²) in [5, 5.41) is 13.3. The van der Waals surface area contributed by atoms with Gasteiger partial charge in [0, 0.05) is 18.5 Å². The maximum Gasteiger partial charge on any atom is 0.234 e. The molecule has 0 aliphatic rings. The zero-order valence-corrected chi connectivity index (χ0v) is 20.7. The number of amides is 1. The molecule has 0 saturated heterocycles. The Kier molecular flexibility index (Phi) is 9.40. The predicted octanol–water partition coefficient (Wildman–Crippen LogP) is 4.53. The number of aliphatic hydroxyl groups is 1. The van der Waals surface area contributed by atoms with Crippen LogP contribution in [0.2, 0.25) is 0 Å². The first-order valence-electron chi connectivity index (χ1n) is 12.0. The van der Waals surface area contributed by atoms with Crippen LogP contribution in [0.1, 0.15) is 37.5 Å². The van der Waals surface area contributed by atoms with E-state index < -0.39 is 6.10 Å². The molecule has 0 fully saturated rings. The molecule has 0 saturated carbocycles. The Bertz CT molecular complexity index is 1050. The Balaban J connectivity index is 1.44. The van der Waals surface area contributed by atoms with E-state index in [1.165, 1.54) is 23.3 Å². The number of carbonyl (C=O) groups is 1. The van der Waals surface area contributed by atoms with E-state index in [1.54, 1.807) is 12.1 Å². The summed E-state index contributed by atoms with van der Waals surface area (Å²) in [6, 6.07) is 24.3. The van der Waals surface area contributed by atoms with E-state index in [1.807, 2.05) is 42.2 Å². The number of carbonyl (C=O) groups excluding carboxylic acids is 1. The van der Waals surface area contributed by atoms with Crippen LogP contribution < -0.4 is 10.1 Å². The summed E-state index contributed by atoms with van der Waals surface area (Å²) in [7, 11) is 0. The van der Waals surface area contributed by atoms with Crippen molar-refractivity contribution in [1.82, 2.24) is 10.2 Å². The van der Waals surface area contributed by atoms with E-state index in [0.717, 1.165) is 5.56 Å². The van der Waals surface area contributed by atoms with Crippen molar-refractivity contribution < 1.29 is 19.0 Å². The van der Waals surface area contributed by atoms with Gasteiger partial charge in [-0.3, -0.25) is 9.69 Å². The second kappa shape index (κ2) is 12.5. The Morgan fingerprint density at radius 3 is 2.26 bits per heavy atom. The van der Waals surface area contributed by atoms with Crippen LogP contribution in [-0.4, -0.2) is 48.3 Å².